The van der Waals surface area contributed by atoms with Gasteiger partial charge in [-0.3, -0.25) is 0 Å². The summed E-state index contributed by atoms with van der Waals surface area (Å²) in [5, 5.41) is 13.8. The Hall–Kier alpha value is -1.57. The van der Waals surface area contributed by atoms with Gasteiger partial charge in [0.1, 0.15) is 6.07 Å². The Morgan fingerprint density at radius 2 is 2.73 bits per heavy atom. The molecule has 0 spiro atoms. The van der Waals surface area contributed by atoms with E-state index >= 15 is 0 Å². The molecule has 1 aromatic heterocycles. The molecule has 0 aliphatic carbocycles. The van der Waals surface area contributed by atoms with Crippen LogP contribution in [0, 0.1) is 11.3 Å². The standard InChI is InChI=1S/C5H3N5S/c6-1-5-9-4(3-11-5)2-8-10-7/h3H,2H2. The molecule has 0 N–H and O–H groups in total. The first kappa shape index (κ1) is 7.54. The van der Waals surface area contributed by atoms with E-state index in [1.807, 2.05) is 6.07 Å². The molecule has 0 atom stereocenters. The molecule has 0 fully saturated rings. The molecule has 0 saturated heterocycles. The smallest absolute Gasteiger partial charge is 0.194 e. The van der Waals surface area contributed by atoms with E-state index < -0.39 is 0 Å². The summed E-state index contributed by atoms with van der Waals surface area (Å²) in [5.41, 5.74) is 8.60. The highest BCUT2D eigenvalue weighted by molar-refractivity contribution is 7.10. The monoisotopic (exact) mass is 165 g/mol. The fourth-order valence-corrected chi connectivity index (χ4v) is 1.13. The lowest BCUT2D eigenvalue weighted by Gasteiger charge is -1.80. The Labute approximate surface area is 66.5 Å². The van der Waals surface area contributed by atoms with Gasteiger partial charge in [-0.1, -0.05) is 5.11 Å². The molecule has 54 valence electrons. The first-order valence-electron chi connectivity index (χ1n) is 2.72. The van der Waals surface area contributed by atoms with Gasteiger partial charge in [0, 0.05) is 10.3 Å². The predicted octanol–water partition coefficient (Wildman–Crippen LogP) is 1.83. The van der Waals surface area contributed by atoms with Crippen molar-refractivity contribution >= 4 is 11.3 Å². The number of hydrogen-bond acceptors (Lipinski definition) is 4. The maximum Gasteiger partial charge on any atom is 0.194 e. The van der Waals surface area contributed by atoms with Gasteiger partial charge in [-0.2, -0.15) is 5.26 Å². The van der Waals surface area contributed by atoms with Crippen LogP contribution in [0.5, 0.6) is 0 Å². The van der Waals surface area contributed by atoms with Crippen LogP contribution in [-0.4, -0.2) is 4.98 Å². The van der Waals surface area contributed by atoms with Crippen LogP contribution in [0.1, 0.15) is 10.7 Å². The maximum atomic E-state index is 8.37. The van der Waals surface area contributed by atoms with Crippen LogP contribution in [0.3, 0.4) is 0 Å². The van der Waals surface area contributed by atoms with Crippen molar-refractivity contribution in [3.05, 3.63) is 26.5 Å². The summed E-state index contributed by atoms with van der Waals surface area (Å²) in [5.74, 6) is 0. The lowest BCUT2D eigenvalue weighted by Crippen LogP contribution is -1.79. The number of thiazole rings is 1. The van der Waals surface area contributed by atoms with Gasteiger partial charge in [0.25, 0.3) is 0 Å². The van der Waals surface area contributed by atoms with E-state index in [0.717, 1.165) is 0 Å². The first-order valence-corrected chi connectivity index (χ1v) is 3.60. The van der Waals surface area contributed by atoms with E-state index in [1.165, 1.54) is 11.3 Å². The van der Waals surface area contributed by atoms with Crippen LogP contribution in [0.4, 0.5) is 0 Å². The average Bonchev–Trinajstić information content (AvgIpc) is 2.48. The van der Waals surface area contributed by atoms with E-state index in [0.29, 0.717) is 10.7 Å². The number of nitrogens with zero attached hydrogens (tertiary/aromatic N) is 5. The minimum atomic E-state index is 0.217. The summed E-state index contributed by atoms with van der Waals surface area (Å²) in [6.45, 7) is 0.217. The van der Waals surface area contributed by atoms with Crippen molar-refractivity contribution in [1.82, 2.24) is 4.98 Å². The molecule has 0 aliphatic rings. The molecule has 0 aromatic carbocycles. The number of rotatable bonds is 2. The second-order valence-electron chi connectivity index (χ2n) is 1.64. The van der Waals surface area contributed by atoms with Gasteiger partial charge in [0.05, 0.1) is 12.2 Å². The van der Waals surface area contributed by atoms with Crippen molar-refractivity contribution in [3.8, 4) is 6.07 Å². The van der Waals surface area contributed by atoms with E-state index in [4.69, 9.17) is 10.8 Å². The topological polar surface area (TPSA) is 85.4 Å². The van der Waals surface area contributed by atoms with Gasteiger partial charge >= 0.3 is 0 Å². The summed E-state index contributed by atoms with van der Waals surface area (Å²) in [4.78, 5) is 6.43. The lowest BCUT2D eigenvalue weighted by molar-refractivity contribution is 0.990. The van der Waals surface area contributed by atoms with Crippen LogP contribution in [-0.2, 0) is 6.54 Å². The van der Waals surface area contributed by atoms with Gasteiger partial charge < -0.3 is 0 Å². The summed E-state index contributed by atoms with van der Waals surface area (Å²) < 4.78 is 0. The molecule has 0 amide bonds. The van der Waals surface area contributed by atoms with Gasteiger partial charge in [0.15, 0.2) is 5.01 Å². The number of hydrogen-bond donors (Lipinski definition) is 0. The summed E-state index contributed by atoms with van der Waals surface area (Å²) in [7, 11) is 0. The Morgan fingerprint density at radius 1 is 1.91 bits per heavy atom. The van der Waals surface area contributed by atoms with Crippen molar-refractivity contribution in [2.45, 2.75) is 6.54 Å². The van der Waals surface area contributed by atoms with Crippen LogP contribution in [0.2, 0.25) is 0 Å². The zero-order chi connectivity index (χ0) is 8.10. The molecule has 0 bridgehead atoms. The Morgan fingerprint density at radius 3 is 3.27 bits per heavy atom. The number of azide groups is 1. The minimum absolute atomic E-state index is 0.217. The molecule has 1 heterocycles. The normalized spacial score (nSPS) is 8.27. The zero-order valence-corrected chi connectivity index (χ0v) is 6.25. The first-order chi connectivity index (χ1) is 5.36. The molecule has 1 aromatic rings. The SMILES string of the molecule is N#Cc1nc(CN=[N+]=[N-])cs1. The van der Waals surface area contributed by atoms with Gasteiger partial charge in [-0.05, 0) is 5.53 Å². The zero-order valence-electron chi connectivity index (χ0n) is 5.43. The van der Waals surface area contributed by atoms with Crippen LogP contribution in [0.15, 0.2) is 10.5 Å². The highest BCUT2D eigenvalue weighted by Crippen LogP contribution is 2.08. The fourth-order valence-electron chi connectivity index (χ4n) is 0.535. The predicted molar refractivity (Wildman–Crippen MR) is 39.7 cm³/mol. The number of nitriles is 1. The molecule has 0 unspecified atom stereocenters. The fraction of sp³-hybridized carbons (Fsp3) is 0.200. The molecule has 1 rings (SSSR count). The van der Waals surface area contributed by atoms with E-state index in [9.17, 15) is 0 Å². The van der Waals surface area contributed by atoms with Crippen LogP contribution in [0.25, 0.3) is 10.4 Å². The van der Waals surface area contributed by atoms with Gasteiger partial charge in [-0.15, -0.1) is 11.3 Å². The largest absolute Gasteiger partial charge is 0.231 e. The highest BCUT2D eigenvalue weighted by atomic mass is 32.1. The maximum absolute atomic E-state index is 8.37. The highest BCUT2D eigenvalue weighted by Gasteiger charge is 1.97. The molecule has 0 aliphatic heterocycles. The van der Waals surface area contributed by atoms with Crippen LogP contribution < -0.4 is 0 Å². The Bertz CT molecular complexity index is 329. The van der Waals surface area contributed by atoms with E-state index in [1.54, 1.807) is 5.38 Å². The second-order valence-corrected chi connectivity index (χ2v) is 2.50. The second kappa shape index (κ2) is 3.56. The Kier molecular flexibility index (Phi) is 2.44. The van der Waals surface area contributed by atoms with Crippen molar-refractivity contribution in [1.29, 1.82) is 5.26 Å². The van der Waals surface area contributed by atoms with Crippen molar-refractivity contribution in [3.63, 3.8) is 0 Å². The van der Waals surface area contributed by atoms with E-state index in [2.05, 4.69) is 15.0 Å². The third-order valence-electron chi connectivity index (χ3n) is 0.943. The van der Waals surface area contributed by atoms with Gasteiger partial charge in [0.2, 0.25) is 0 Å². The van der Waals surface area contributed by atoms with Crippen molar-refractivity contribution in [2.75, 3.05) is 0 Å². The number of aromatic nitrogens is 1. The quantitative estimate of drug-likeness (QED) is 0.380. The Balaban J connectivity index is 2.74. The third-order valence-corrected chi connectivity index (χ3v) is 1.74. The molecule has 0 radical (unpaired) electrons. The average molecular weight is 165 g/mol. The lowest BCUT2D eigenvalue weighted by atomic mass is 10.5. The van der Waals surface area contributed by atoms with Gasteiger partial charge in [-0.25, -0.2) is 4.98 Å². The molecule has 11 heavy (non-hydrogen) atoms. The molecular weight excluding hydrogens is 162 g/mol. The van der Waals surface area contributed by atoms with Crippen LogP contribution >= 0.6 is 11.3 Å². The summed E-state index contributed by atoms with van der Waals surface area (Å²) >= 11 is 1.24. The summed E-state index contributed by atoms with van der Waals surface area (Å²) in [6.07, 6.45) is 0. The molecule has 0 saturated carbocycles. The van der Waals surface area contributed by atoms with Crippen molar-refractivity contribution in [2.24, 2.45) is 5.11 Å². The van der Waals surface area contributed by atoms with E-state index in [-0.39, 0.29) is 6.54 Å². The molecular formula is C5H3N5S. The van der Waals surface area contributed by atoms with Crippen molar-refractivity contribution < 1.29 is 0 Å². The summed E-state index contributed by atoms with van der Waals surface area (Å²) in [6, 6.07) is 1.90. The third kappa shape index (κ3) is 1.93. The molecule has 6 heteroatoms. The minimum Gasteiger partial charge on any atom is -0.231 e. The molecule has 5 nitrogen and oxygen atoms in total.